The van der Waals surface area contributed by atoms with Gasteiger partial charge in [0.05, 0.1) is 11.9 Å². The van der Waals surface area contributed by atoms with Gasteiger partial charge in [0.2, 0.25) is 11.0 Å². The summed E-state index contributed by atoms with van der Waals surface area (Å²) in [5.41, 5.74) is 2.01. The molecule has 0 aliphatic rings. The predicted octanol–water partition coefficient (Wildman–Crippen LogP) is 3.57. The maximum absolute atomic E-state index is 12.1. The molecule has 25 heavy (non-hydrogen) atoms. The van der Waals surface area contributed by atoms with Crippen LogP contribution in [0, 0.1) is 0 Å². The molecule has 0 spiro atoms. The maximum atomic E-state index is 12.1. The van der Waals surface area contributed by atoms with Gasteiger partial charge in [-0.1, -0.05) is 47.4 Å². The molecule has 0 unspecified atom stereocenters. The molecular weight excluding hydrogens is 354 g/mol. The van der Waals surface area contributed by atoms with Crippen molar-refractivity contribution >= 4 is 34.1 Å². The molecule has 1 amide bonds. The van der Waals surface area contributed by atoms with Gasteiger partial charge in [-0.3, -0.25) is 4.79 Å². The fraction of sp³-hybridized carbons (Fsp3) is 0.176. The van der Waals surface area contributed by atoms with E-state index < -0.39 is 0 Å². The molecule has 3 aromatic rings. The number of hydrogen-bond acceptors (Lipinski definition) is 6. The molecule has 0 aliphatic heterocycles. The zero-order chi connectivity index (χ0) is 17.5. The smallest absolute Gasteiger partial charge is 0.226 e. The summed E-state index contributed by atoms with van der Waals surface area (Å²) in [6.45, 7) is 3.66. The normalized spacial score (nSPS) is 10.6. The molecule has 0 fully saturated rings. The van der Waals surface area contributed by atoms with Crippen LogP contribution in [0.3, 0.4) is 0 Å². The number of carbonyl (C=O) groups is 1. The fourth-order valence-electron chi connectivity index (χ4n) is 2.10. The summed E-state index contributed by atoms with van der Waals surface area (Å²) in [6, 6.07) is 9.87. The third-order valence-electron chi connectivity index (χ3n) is 3.28. The number of carbonyl (C=O) groups excluding carboxylic acids is 1. The molecule has 0 saturated heterocycles. The molecule has 0 radical (unpaired) electrons. The van der Waals surface area contributed by atoms with E-state index in [0.717, 1.165) is 21.3 Å². The molecule has 1 N–H and O–H groups in total. The van der Waals surface area contributed by atoms with Crippen LogP contribution in [-0.2, 0) is 11.2 Å². The van der Waals surface area contributed by atoms with Crippen LogP contribution in [-0.4, -0.2) is 31.6 Å². The summed E-state index contributed by atoms with van der Waals surface area (Å²) in [5, 5.41) is 15.6. The van der Waals surface area contributed by atoms with Gasteiger partial charge in [-0.15, -0.1) is 16.8 Å². The van der Waals surface area contributed by atoms with Crippen LogP contribution in [0.15, 0.2) is 59.7 Å². The van der Waals surface area contributed by atoms with Crippen molar-refractivity contribution in [1.82, 2.24) is 20.0 Å². The summed E-state index contributed by atoms with van der Waals surface area (Å²) >= 11 is 2.91. The number of nitrogens with zero attached hydrogens (tertiary/aromatic N) is 4. The highest BCUT2D eigenvalue weighted by Crippen LogP contribution is 2.25. The number of para-hydroxylation sites is 1. The van der Waals surface area contributed by atoms with E-state index in [-0.39, 0.29) is 5.91 Å². The molecule has 6 nitrogen and oxygen atoms in total. The van der Waals surface area contributed by atoms with Crippen molar-refractivity contribution in [3.63, 3.8) is 0 Å². The molecule has 0 atom stereocenters. The average molecular weight is 371 g/mol. The first kappa shape index (κ1) is 17.4. The summed E-state index contributed by atoms with van der Waals surface area (Å²) in [4.78, 5) is 12.1. The van der Waals surface area contributed by atoms with Crippen LogP contribution < -0.4 is 5.32 Å². The molecule has 128 valence electrons. The highest BCUT2D eigenvalue weighted by atomic mass is 32.2. The van der Waals surface area contributed by atoms with Gasteiger partial charge < -0.3 is 5.32 Å². The average Bonchev–Trinajstić information content (AvgIpc) is 3.28. The topological polar surface area (TPSA) is 72.7 Å². The zero-order valence-electron chi connectivity index (χ0n) is 13.5. The van der Waals surface area contributed by atoms with E-state index in [1.54, 1.807) is 28.7 Å². The highest BCUT2D eigenvalue weighted by molar-refractivity contribution is 8.01. The molecule has 0 saturated carbocycles. The van der Waals surface area contributed by atoms with Gasteiger partial charge in [0.1, 0.15) is 0 Å². The van der Waals surface area contributed by atoms with Gasteiger partial charge in [0.15, 0.2) is 4.34 Å². The first-order valence-corrected chi connectivity index (χ1v) is 9.51. The van der Waals surface area contributed by atoms with Crippen molar-refractivity contribution in [1.29, 1.82) is 0 Å². The third kappa shape index (κ3) is 5.01. The van der Waals surface area contributed by atoms with Crippen molar-refractivity contribution in [2.24, 2.45) is 0 Å². The Labute approximate surface area is 154 Å². The van der Waals surface area contributed by atoms with Crippen molar-refractivity contribution < 1.29 is 4.79 Å². The lowest BCUT2D eigenvalue weighted by Gasteiger charge is -2.00. The van der Waals surface area contributed by atoms with Gasteiger partial charge >= 0.3 is 0 Å². The van der Waals surface area contributed by atoms with Gasteiger partial charge in [-0.25, -0.2) is 4.68 Å². The van der Waals surface area contributed by atoms with E-state index >= 15 is 0 Å². The number of benzene rings is 1. The summed E-state index contributed by atoms with van der Waals surface area (Å²) in [7, 11) is 0. The standard InChI is InChI=1S/C17H17N5OS2/c1-2-10-24-17-21-20-16(25-17)19-15(23)9-8-13-11-18-22(12-13)14-6-4-3-5-7-14/h2-7,11-12H,1,8-10H2,(H,19,20,23). The van der Waals surface area contributed by atoms with Crippen molar-refractivity contribution in [2.45, 2.75) is 17.2 Å². The third-order valence-corrected chi connectivity index (χ3v) is 5.24. The number of thioether (sulfide) groups is 1. The minimum absolute atomic E-state index is 0.0797. The Morgan fingerprint density at radius 2 is 2.16 bits per heavy atom. The Kier molecular flexibility index (Phi) is 5.97. The van der Waals surface area contributed by atoms with Crippen LogP contribution in [0.1, 0.15) is 12.0 Å². The Balaban J connectivity index is 1.50. The first-order chi connectivity index (χ1) is 12.2. The van der Waals surface area contributed by atoms with Gasteiger partial charge in [0, 0.05) is 18.4 Å². The maximum Gasteiger partial charge on any atom is 0.226 e. The number of rotatable bonds is 8. The lowest BCUT2D eigenvalue weighted by Crippen LogP contribution is -2.12. The van der Waals surface area contributed by atoms with Crippen molar-refractivity contribution in [3.05, 3.63) is 60.9 Å². The molecule has 0 aliphatic carbocycles. The second-order valence-corrected chi connectivity index (χ2v) is 7.39. The summed E-state index contributed by atoms with van der Waals surface area (Å²) in [6.07, 6.45) is 6.53. The minimum Gasteiger partial charge on any atom is -0.300 e. The zero-order valence-corrected chi connectivity index (χ0v) is 15.1. The van der Waals surface area contributed by atoms with Crippen LogP contribution in [0.25, 0.3) is 5.69 Å². The Hall–Kier alpha value is -2.45. The van der Waals surface area contributed by atoms with E-state index in [1.165, 1.54) is 11.3 Å². The molecular formula is C17H17N5OS2. The molecule has 8 heteroatoms. The lowest BCUT2D eigenvalue weighted by atomic mass is 10.2. The number of aryl methyl sites for hydroxylation is 1. The van der Waals surface area contributed by atoms with E-state index in [0.29, 0.717) is 18.0 Å². The van der Waals surface area contributed by atoms with Crippen LogP contribution in [0.2, 0.25) is 0 Å². The first-order valence-electron chi connectivity index (χ1n) is 7.70. The highest BCUT2D eigenvalue weighted by Gasteiger charge is 2.09. The van der Waals surface area contributed by atoms with E-state index in [2.05, 4.69) is 27.2 Å². The summed E-state index contributed by atoms with van der Waals surface area (Å²) in [5.74, 6) is 0.692. The Morgan fingerprint density at radius 3 is 2.96 bits per heavy atom. The molecule has 0 bridgehead atoms. The van der Waals surface area contributed by atoms with Crippen LogP contribution in [0.4, 0.5) is 5.13 Å². The number of hydrogen-bond donors (Lipinski definition) is 1. The van der Waals surface area contributed by atoms with Crippen molar-refractivity contribution in [3.8, 4) is 5.69 Å². The fourth-order valence-corrected chi connectivity index (χ4v) is 3.63. The Bertz CT molecular complexity index is 844. The second-order valence-electron chi connectivity index (χ2n) is 5.15. The second kappa shape index (κ2) is 8.59. The monoisotopic (exact) mass is 371 g/mol. The van der Waals surface area contributed by atoms with Crippen molar-refractivity contribution in [2.75, 3.05) is 11.1 Å². The Morgan fingerprint density at radius 1 is 1.32 bits per heavy atom. The van der Waals surface area contributed by atoms with E-state index in [9.17, 15) is 4.79 Å². The number of amides is 1. The van der Waals surface area contributed by atoms with Gasteiger partial charge in [-0.2, -0.15) is 5.10 Å². The van der Waals surface area contributed by atoms with Gasteiger partial charge in [0.25, 0.3) is 0 Å². The number of nitrogens with one attached hydrogen (secondary N) is 1. The predicted molar refractivity (Wildman–Crippen MR) is 101 cm³/mol. The lowest BCUT2D eigenvalue weighted by molar-refractivity contribution is -0.116. The minimum atomic E-state index is -0.0797. The van der Waals surface area contributed by atoms with Gasteiger partial charge in [-0.05, 0) is 24.1 Å². The SMILES string of the molecule is C=CCSc1nnc(NC(=O)CCc2cnn(-c3ccccc3)c2)s1. The largest absolute Gasteiger partial charge is 0.300 e. The van der Waals surface area contributed by atoms with E-state index in [4.69, 9.17) is 0 Å². The molecule has 2 heterocycles. The van der Waals surface area contributed by atoms with Crippen LogP contribution in [0.5, 0.6) is 0 Å². The molecule has 2 aromatic heterocycles. The molecule has 1 aromatic carbocycles. The molecule has 3 rings (SSSR count). The quantitative estimate of drug-likeness (QED) is 0.372. The number of aromatic nitrogens is 4. The summed E-state index contributed by atoms with van der Waals surface area (Å²) < 4.78 is 2.63. The van der Waals surface area contributed by atoms with Crippen LogP contribution >= 0.6 is 23.1 Å². The number of anilines is 1. The van der Waals surface area contributed by atoms with E-state index in [1.807, 2.05) is 36.5 Å².